The van der Waals surface area contributed by atoms with Crippen LogP contribution in [0, 0.1) is 6.92 Å². The molecule has 1 aliphatic heterocycles. The Morgan fingerprint density at radius 3 is 2.47 bits per heavy atom. The van der Waals surface area contributed by atoms with Crippen LogP contribution < -0.4 is 0 Å². The number of esters is 1. The molecule has 1 heterocycles. The number of hydrogen-bond donors (Lipinski definition) is 0. The maximum atomic E-state index is 13.0. The summed E-state index contributed by atoms with van der Waals surface area (Å²) < 4.78 is 35.7. The van der Waals surface area contributed by atoms with Gasteiger partial charge in [-0.25, -0.2) is 9.10 Å². The van der Waals surface area contributed by atoms with Gasteiger partial charge in [-0.2, -0.15) is 8.42 Å². The first-order chi connectivity index (χ1) is 14.1. The van der Waals surface area contributed by atoms with Gasteiger partial charge in [-0.15, -0.1) is 4.40 Å². The second-order valence-corrected chi connectivity index (χ2v) is 9.18. The summed E-state index contributed by atoms with van der Waals surface area (Å²) in [7, 11) is -4.25. The van der Waals surface area contributed by atoms with E-state index in [1.165, 1.54) is 12.1 Å². The normalized spacial score (nSPS) is 15.4. The average molecular weight is 488 g/mol. The van der Waals surface area contributed by atoms with E-state index in [2.05, 4.69) is 4.40 Å². The maximum Gasteiger partial charge on any atom is 0.357 e. The monoisotopic (exact) mass is 486 g/mol. The molecular weight excluding hydrogens is 471 g/mol. The highest BCUT2D eigenvalue weighted by atomic mass is 35.5. The summed E-state index contributed by atoms with van der Waals surface area (Å²) in [6.07, 6.45) is 1.38. The average Bonchev–Trinajstić information content (AvgIpc) is 2.67. The first-order valence-corrected chi connectivity index (χ1v) is 11.4. The summed E-state index contributed by atoms with van der Waals surface area (Å²) in [5.74, 6) is -0.826. The molecule has 2 aromatic carbocycles. The van der Waals surface area contributed by atoms with E-state index in [9.17, 15) is 13.2 Å². The van der Waals surface area contributed by atoms with Gasteiger partial charge in [-0.3, -0.25) is 0 Å². The fourth-order valence-electron chi connectivity index (χ4n) is 2.83. The van der Waals surface area contributed by atoms with Crippen LogP contribution in [0.2, 0.25) is 15.1 Å². The van der Waals surface area contributed by atoms with Gasteiger partial charge in [0, 0.05) is 15.1 Å². The van der Waals surface area contributed by atoms with Crippen molar-refractivity contribution in [2.45, 2.75) is 20.4 Å². The fourth-order valence-corrected chi connectivity index (χ4v) is 4.60. The number of halogens is 3. The van der Waals surface area contributed by atoms with Crippen LogP contribution in [0.15, 0.2) is 46.9 Å². The van der Waals surface area contributed by atoms with Crippen molar-refractivity contribution in [3.8, 4) is 0 Å². The van der Waals surface area contributed by atoms with Gasteiger partial charge in [-0.05, 0) is 60.9 Å². The Labute approximate surface area is 189 Å². The molecule has 0 aliphatic carbocycles. The SMILES string of the molecule is CCOC(=O)C1=NS(=O)(=O)N(Cc2ccc(Cl)cc2Cl)C(c2ccc(Cl)c(C)c2)=C1. The van der Waals surface area contributed by atoms with Crippen molar-refractivity contribution in [1.29, 1.82) is 0 Å². The van der Waals surface area contributed by atoms with Gasteiger partial charge >= 0.3 is 16.2 Å². The number of aryl methyl sites for hydroxylation is 1. The number of hydrogen-bond acceptors (Lipinski definition) is 4. The quantitative estimate of drug-likeness (QED) is 0.552. The summed E-state index contributed by atoms with van der Waals surface area (Å²) >= 11 is 18.3. The zero-order valence-electron chi connectivity index (χ0n) is 16.0. The molecule has 0 radical (unpaired) electrons. The van der Waals surface area contributed by atoms with Gasteiger partial charge in [0.1, 0.15) is 0 Å². The van der Waals surface area contributed by atoms with Crippen LogP contribution in [0.1, 0.15) is 23.6 Å². The lowest BCUT2D eigenvalue weighted by Crippen LogP contribution is -2.34. The van der Waals surface area contributed by atoms with Crippen LogP contribution in [0.4, 0.5) is 0 Å². The number of benzene rings is 2. The molecule has 0 unspecified atom stereocenters. The van der Waals surface area contributed by atoms with Gasteiger partial charge in [0.15, 0.2) is 5.71 Å². The minimum Gasteiger partial charge on any atom is -0.461 e. The molecule has 0 saturated heterocycles. The first kappa shape index (κ1) is 22.6. The molecule has 3 rings (SSSR count). The first-order valence-electron chi connectivity index (χ1n) is 8.84. The van der Waals surface area contributed by atoms with Crippen LogP contribution in [0.3, 0.4) is 0 Å². The molecule has 6 nitrogen and oxygen atoms in total. The van der Waals surface area contributed by atoms with Crippen molar-refractivity contribution in [3.63, 3.8) is 0 Å². The molecule has 0 bridgehead atoms. The van der Waals surface area contributed by atoms with Crippen molar-refractivity contribution in [1.82, 2.24) is 4.31 Å². The predicted octanol–water partition coefficient (Wildman–Crippen LogP) is 5.06. The third-order valence-electron chi connectivity index (χ3n) is 4.30. The number of ether oxygens (including phenoxy) is 1. The van der Waals surface area contributed by atoms with E-state index >= 15 is 0 Å². The van der Waals surface area contributed by atoms with Crippen LogP contribution in [-0.4, -0.2) is 31.0 Å². The molecular formula is C20H17Cl3N2O4S. The minimum absolute atomic E-state index is 0.0885. The Hall–Kier alpha value is -2.06. The molecule has 0 aromatic heterocycles. The molecule has 10 heteroatoms. The Bertz CT molecular complexity index is 1180. The van der Waals surface area contributed by atoms with Crippen LogP contribution in [0.5, 0.6) is 0 Å². The third-order valence-corrected chi connectivity index (χ3v) is 6.62. The van der Waals surface area contributed by atoms with E-state index in [0.717, 1.165) is 9.87 Å². The smallest absolute Gasteiger partial charge is 0.357 e. The van der Waals surface area contributed by atoms with Gasteiger partial charge in [-0.1, -0.05) is 46.9 Å². The number of nitrogens with zero attached hydrogens (tertiary/aromatic N) is 2. The second-order valence-electron chi connectivity index (χ2n) is 6.41. The summed E-state index contributed by atoms with van der Waals surface area (Å²) in [6.45, 7) is 3.40. The predicted molar refractivity (Wildman–Crippen MR) is 119 cm³/mol. The Morgan fingerprint density at radius 2 is 1.83 bits per heavy atom. The van der Waals surface area contributed by atoms with Gasteiger partial charge < -0.3 is 4.74 Å². The molecule has 158 valence electrons. The van der Waals surface area contributed by atoms with Gasteiger partial charge in [0.25, 0.3) is 0 Å². The van der Waals surface area contributed by atoms with E-state index in [1.54, 1.807) is 44.2 Å². The molecule has 0 fully saturated rings. The van der Waals surface area contributed by atoms with Gasteiger partial charge in [0.2, 0.25) is 0 Å². The van der Waals surface area contributed by atoms with Crippen molar-refractivity contribution >= 4 is 62.4 Å². The minimum atomic E-state index is -4.25. The van der Waals surface area contributed by atoms with Crippen molar-refractivity contribution in [2.24, 2.45) is 4.40 Å². The summed E-state index contributed by atoms with van der Waals surface area (Å²) in [6, 6.07) is 9.83. The molecule has 30 heavy (non-hydrogen) atoms. The number of rotatable bonds is 5. The topological polar surface area (TPSA) is 76.0 Å². The Morgan fingerprint density at radius 1 is 1.10 bits per heavy atom. The Kier molecular flexibility index (Phi) is 6.77. The summed E-state index contributed by atoms with van der Waals surface area (Å²) in [5, 5.41) is 1.27. The highest BCUT2D eigenvalue weighted by Crippen LogP contribution is 2.33. The molecule has 2 aromatic rings. The second kappa shape index (κ2) is 8.98. The van der Waals surface area contributed by atoms with Crippen molar-refractivity contribution in [3.05, 3.63) is 74.2 Å². The fraction of sp³-hybridized carbons (Fsp3) is 0.200. The lowest BCUT2D eigenvalue weighted by molar-refractivity contribution is -0.134. The summed E-state index contributed by atoms with van der Waals surface area (Å²) in [4.78, 5) is 12.2. The van der Waals surface area contributed by atoms with E-state index in [4.69, 9.17) is 39.5 Å². The maximum absolute atomic E-state index is 13.0. The largest absolute Gasteiger partial charge is 0.461 e. The van der Waals surface area contributed by atoms with E-state index in [-0.39, 0.29) is 24.6 Å². The zero-order chi connectivity index (χ0) is 22.1. The van der Waals surface area contributed by atoms with Crippen LogP contribution >= 0.6 is 34.8 Å². The summed E-state index contributed by atoms with van der Waals surface area (Å²) in [5.41, 5.74) is 1.76. The molecule has 0 amide bonds. The van der Waals surface area contributed by atoms with Crippen molar-refractivity contribution in [2.75, 3.05) is 6.61 Å². The molecule has 0 saturated carbocycles. The molecule has 0 atom stereocenters. The van der Waals surface area contributed by atoms with E-state index in [0.29, 0.717) is 26.2 Å². The zero-order valence-corrected chi connectivity index (χ0v) is 19.1. The van der Waals surface area contributed by atoms with Crippen LogP contribution in [-0.2, 0) is 26.3 Å². The highest BCUT2D eigenvalue weighted by molar-refractivity contribution is 7.88. The van der Waals surface area contributed by atoms with E-state index in [1.807, 2.05) is 0 Å². The lowest BCUT2D eigenvalue weighted by atomic mass is 10.1. The third kappa shape index (κ3) is 4.81. The standard InChI is InChI=1S/C20H17Cl3N2O4S/c1-3-29-20(26)18-10-19(13-5-7-16(22)12(2)8-13)25(30(27,28)24-18)11-14-4-6-15(21)9-17(14)23/h4-10H,3,11H2,1-2H3. The lowest BCUT2D eigenvalue weighted by Gasteiger charge is -2.28. The van der Waals surface area contributed by atoms with Crippen molar-refractivity contribution < 1.29 is 17.9 Å². The molecule has 0 spiro atoms. The highest BCUT2D eigenvalue weighted by Gasteiger charge is 2.33. The number of carbonyl (C=O) groups is 1. The number of carbonyl (C=O) groups excluding carboxylic acids is 1. The van der Waals surface area contributed by atoms with Crippen LogP contribution in [0.25, 0.3) is 5.70 Å². The van der Waals surface area contributed by atoms with E-state index < -0.39 is 16.2 Å². The Balaban J connectivity index is 2.14. The van der Waals surface area contributed by atoms with Gasteiger partial charge in [0.05, 0.1) is 18.8 Å². The molecule has 1 aliphatic rings. The molecule has 0 N–H and O–H groups in total.